The normalized spacial score (nSPS) is 10.2. The van der Waals surface area contributed by atoms with Gasteiger partial charge in [0.1, 0.15) is 5.69 Å². The van der Waals surface area contributed by atoms with E-state index >= 15 is 0 Å². The van der Waals surface area contributed by atoms with Gasteiger partial charge in [0.05, 0.1) is 12.8 Å². The van der Waals surface area contributed by atoms with E-state index in [9.17, 15) is 9.59 Å². The molecule has 2 aromatic heterocycles. The third-order valence-electron chi connectivity index (χ3n) is 3.28. The van der Waals surface area contributed by atoms with Gasteiger partial charge in [0.25, 0.3) is 5.91 Å². The Morgan fingerprint density at radius 3 is 2.46 bits per heavy atom. The second kappa shape index (κ2) is 6.74. The van der Waals surface area contributed by atoms with Gasteiger partial charge in [0.2, 0.25) is 0 Å². The Hall–Kier alpha value is -3.48. The van der Waals surface area contributed by atoms with Crippen LogP contribution in [0.3, 0.4) is 0 Å². The Bertz CT molecular complexity index is 860. The molecule has 3 rings (SSSR count). The van der Waals surface area contributed by atoms with Gasteiger partial charge in [-0.1, -0.05) is 18.2 Å². The molecule has 0 fully saturated rings. The van der Waals surface area contributed by atoms with Gasteiger partial charge in [-0.3, -0.25) is 9.78 Å². The van der Waals surface area contributed by atoms with Crippen molar-refractivity contribution < 1.29 is 14.3 Å². The molecule has 0 spiro atoms. The van der Waals surface area contributed by atoms with Gasteiger partial charge in [0.15, 0.2) is 5.69 Å². The van der Waals surface area contributed by atoms with E-state index < -0.39 is 11.9 Å². The number of ether oxygens (including phenoxy) is 1. The van der Waals surface area contributed by atoms with Crippen LogP contribution in [0.5, 0.6) is 0 Å². The van der Waals surface area contributed by atoms with Crippen molar-refractivity contribution in [3.63, 3.8) is 0 Å². The summed E-state index contributed by atoms with van der Waals surface area (Å²) >= 11 is 0. The highest BCUT2D eigenvalue weighted by Gasteiger charge is 2.20. The summed E-state index contributed by atoms with van der Waals surface area (Å²) in [7, 11) is 1.26. The molecule has 1 N–H and O–H groups in total. The summed E-state index contributed by atoms with van der Waals surface area (Å²) in [5, 5.41) is 6.93. The lowest BCUT2D eigenvalue weighted by molar-refractivity contribution is 0.0593. The summed E-state index contributed by atoms with van der Waals surface area (Å²) in [4.78, 5) is 28.2. The zero-order valence-electron chi connectivity index (χ0n) is 12.8. The zero-order chi connectivity index (χ0) is 16.9. The molecule has 120 valence electrons. The predicted molar refractivity (Wildman–Crippen MR) is 87.1 cm³/mol. The van der Waals surface area contributed by atoms with Gasteiger partial charge in [-0.15, -0.1) is 0 Å². The standard InChI is InChI=1S/C17H14N4O3/c1-24-17(23)14-11-15(16(22)19-12-7-9-18-10-8-12)21(20-14)13-5-3-2-4-6-13/h2-11H,1H3,(H,18,19,22). The molecule has 0 aliphatic rings. The van der Waals surface area contributed by atoms with Gasteiger partial charge < -0.3 is 10.1 Å². The molecular weight excluding hydrogens is 308 g/mol. The summed E-state index contributed by atoms with van der Waals surface area (Å²) < 4.78 is 6.09. The van der Waals surface area contributed by atoms with E-state index in [0.29, 0.717) is 11.4 Å². The summed E-state index contributed by atoms with van der Waals surface area (Å²) in [6, 6.07) is 13.8. The van der Waals surface area contributed by atoms with Gasteiger partial charge >= 0.3 is 5.97 Å². The SMILES string of the molecule is COC(=O)c1cc(C(=O)Nc2ccncc2)n(-c2ccccc2)n1. The van der Waals surface area contributed by atoms with E-state index in [2.05, 4.69) is 20.1 Å². The average Bonchev–Trinajstić information content (AvgIpc) is 3.08. The molecule has 24 heavy (non-hydrogen) atoms. The van der Waals surface area contributed by atoms with Crippen molar-refractivity contribution in [3.05, 3.63) is 72.3 Å². The molecule has 0 radical (unpaired) electrons. The summed E-state index contributed by atoms with van der Waals surface area (Å²) in [5.41, 5.74) is 1.53. The van der Waals surface area contributed by atoms with Crippen LogP contribution in [0, 0.1) is 0 Å². The Morgan fingerprint density at radius 1 is 1.08 bits per heavy atom. The minimum absolute atomic E-state index is 0.0567. The molecule has 0 bridgehead atoms. The van der Waals surface area contributed by atoms with E-state index in [0.717, 1.165) is 0 Å². The Kier molecular flexibility index (Phi) is 4.33. The molecule has 0 saturated carbocycles. The molecule has 7 heteroatoms. The Balaban J connectivity index is 2.00. The number of aromatic nitrogens is 3. The van der Waals surface area contributed by atoms with Crippen molar-refractivity contribution in [2.45, 2.75) is 0 Å². The van der Waals surface area contributed by atoms with Gasteiger partial charge in [0, 0.05) is 24.1 Å². The molecule has 3 aromatic rings. The quantitative estimate of drug-likeness (QED) is 0.745. The van der Waals surface area contributed by atoms with Crippen LogP contribution in [0.15, 0.2) is 60.9 Å². The summed E-state index contributed by atoms with van der Waals surface area (Å²) in [6.07, 6.45) is 3.15. The fraction of sp³-hybridized carbons (Fsp3) is 0.0588. The number of pyridine rings is 1. The maximum Gasteiger partial charge on any atom is 0.358 e. The van der Waals surface area contributed by atoms with E-state index in [1.165, 1.54) is 17.9 Å². The maximum atomic E-state index is 12.6. The first kappa shape index (κ1) is 15.4. The molecule has 7 nitrogen and oxygen atoms in total. The molecule has 0 aliphatic heterocycles. The molecule has 0 unspecified atom stereocenters. The monoisotopic (exact) mass is 322 g/mol. The number of carbonyl (C=O) groups excluding carboxylic acids is 2. The second-order valence-corrected chi connectivity index (χ2v) is 4.84. The van der Waals surface area contributed by atoms with Gasteiger partial charge in [-0.25, -0.2) is 9.48 Å². The van der Waals surface area contributed by atoms with Gasteiger partial charge in [-0.2, -0.15) is 5.10 Å². The molecule has 1 amide bonds. The molecule has 0 atom stereocenters. The number of benzene rings is 1. The molecule has 0 saturated heterocycles. The van der Waals surface area contributed by atoms with Crippen LogP contribution in [-0.2, 0) is 4.74 Å². The van der Waals surface area contributed by atoms with Crippen molar-refractivity contribution in [2.75, 3.05) is 12.4 Å². The second-order valence-electron chi connectivity index (χ2n) is 4.84. The summed E-state index contributed by atoms with van der Waals surface area (Å²) in [5.74, 6) is -1.00. The lowest BCUT2D eigenvalue weighted by Gasteiger charge is -2.08. The predicted octanol–water partition coefficient (Wildman–Crippen LogP) is 2.31. The minimum Gasteiger partial charge on any atom is -0.464 e. The smallest absolute Gasteiger partial charge is 0.358 e. The highest BCUT2D eigenvalue weighted by molar-refractivity contribution is 6.04. The fourth-order valence-electron chi connectivity index (χ4n) is 2.14. The maximum absolute atomic E-state index is 12.6. The van der Waals surface area contributed by atoms with Crippen LogP contribution in [-0.4, -0.2) is 33.8 Å². The largest absolute Gasteiger partial charge is 0.464 e. The highest BCUT2D eigenvalue weighted by atomic mass is 16.5. The number of anilines is 1. The Morgan fingerprint density at radius 2 is 1.79 bits per heavy atom. The zero-order valence-corrected chi connectivity index (χ0v) is 12.8. The lowest BCUT2D eigenvalue weighted by Crippen LogP contribution is -2.16. The van der Waals surface area contributed by atoms with Crippen LogP contribution >= 0.6 is 0 Å². The highest BCUT2D eigenvalue weighted by Crippen LogP contribution is 2.15. The molecule has 0 aliphatic carbocycles. The number of para-hydroxylation sites is 1. The third kappa shape index (κ3) is 3.14. The number of esters is 1. The first-order chi connectivity index (χ1) is 11.7. The van der Waals surface area contributed by atoms with Crippen molar-refractivity contribution in [1.29, 1.82) is 0 Å². The van der Waals surface area contributed by atoms with Gasteiger partial charge in [-0.05, 0) is 24.3 Å². The Labute approximate surface area is 137 Å². The number of amides is 1. The topological polar surface area (TPSA) is 86.1 Å². The van der Waals surface area contributed by atoms with E-state index in [1.54, 1.807) is 36.7 Å². The average molecular weight is 322 g/mol. The molecular formula is C17H14N4O3. The molecule has 1 aromatic carbocycles. The van der Waals surface area contributed by atoms with Crippen LogP contribution in [0.4, 0.5) is 5.69 Å². The number of nitrogens with zero attached hydrogens (tertiary/aromatic N) is 3. The minimum atomic E-state index is -0.609. The lowest BCUT2D eigenvalue weighted by atomic mass is 10.3. The first-order valence-corrected chi connectivity index (χ1v) is 7.14. The number of carbonyl (C=O) groups is 2. The summed E-state index contributed by atoms with van der Waals surface area (Å²) in [6.45, 7) is 0. The number of rotatable bonds is 4. The van der Waals surface area contributed by atoms with Crippen LogP contribution in [0.2, 0.25) is 0 Å². The first-order valence-electron chi connectivity index (χ1n) is 7.14. The molecule has 2 heterocycles. The third-order valence-corrected chi connectivity index (χ3v) is 3.28. The number of methoxy groups -OCH3 is 1. The van der Waals surface area contributed by atoms with E-state index in [4.69, 9.17) is 0 Å². The van der Waals surface area contributed by atoms with E-state index in [-0.39, 0.29) is 11.4 Å². The fourth-order valence-corrected chi connectivity index (χ4v) is 2.14. The number of hydrogen-bond donors (Lipinski definition) is 1. The van der Waals surface area contributed by atoms with Crippen molar-refractivity contribution in [2.24, 2.45) is 0 Å². The van der Waals surface area contributed by atoms with Crippen molar-refractivity contribution in [3.8, 4) is 5.69 Å². The van der Waals surface area contributed by atoms with Crippen LogP contribution < -0.4 is 5.32 Å². The van der Waals surface area contributed by atoms with Crippen molar-refractivity contribution in [1.82, 2.24) is 14.8 Å². The van der Waals surface area contributed by atoms with E-state index in [1.807, 2.05) is 18.2 Å². The number of hydrogen-bond acceptors (Lipinski definition) is 5. The van der Waals surface area contributed by atoms with Crippen LogP contribution in [0.1, 0.15) is 21.0 Å². The van der Waals surface area contributed by atoms with Crippen LogP contribution in [0.25, 0.3) is 5.69 Å². The number of nitrogens with one attached hydrogen (secondary N) is 1. The van der Waals surface area contributed by atoms with Crippen molar-refractivity contribution >= 4 is 17.6 Å².